The van der Waals surface area contributed by atoms with E-state index in [-0.39, 0.29) is 0 Å². The smallest absolute Gasteiger partial charge is 0.235 e. The molecule has 5 aromatic heterocycles. The Bertz CT molecular complexity index is 5100. The number of nitrogens with zero attached hydrogens (tertiary/aromatic N) is 9. The molecule has 10 aromatic carbocycles. The molecule has 386 valence electrons. The molecule has 0 radical (unpaired) electrons. The van der Waals surface area contributed by atoms with Crippen LogP contribution in [0.5, 0.6) is 0 Å². The highest BCUT2D eigenvalue weighted by molar-refractivity contribution is 6.10. The van der Waals surface area contributed by atoms with Gasteiger partial charge in [-0.2, -0.15) is 0 Å². The van der Waals surface area contributed by atoms with Crippen LogP contribution < -0.4 is 10.6 Å². The van der Waals surface area contributed by atoms with E-state index in [1.165, 1.54) is 0 Å². The largest absolute Gasteiger partial charge is 0.278 e. The summed E-state index contributed by atoms with van der Waals surface area (Å²) < 4.78 is 6.46. The second-order valence-electron chi connectivity index (χ2n) is 20.4. The SMILES string of the molecule is C=c1/c(=C\C(=C/C)c2nnc(-c3ccc4c5ccccc5n(-c5nc(-c6ccc(-c7ccccc7)cc6)c6ccccc6n5)c4c3)n2-c2ccccc2)n(-c2nc(-c3ccc(-c4ccccc4)cc3)c3ccccc3n2)c2ccccc12. The van der Waals surface area contributed by atoms with Crippen molar-refractivity contribution < 1.29 is 0 Å². The third kappa shape index (κ3) is 8.18. The fourth-order valence-corrected chi connectivity index (χ4v) is 11.6. The highest BCUT2D eigenvalue weighted by Gasteiger charge is 2.23. The lowest BCUT2D eigenvalue weighted by molar-refractivity contribution is 0.951. The van der Waals surface area contributed by atoms with Gasteiger partial charge in [-0.05, 0) is 77.7 Å². The van der Waals surface area contributed by atoms with Crippen LogP contribution in [-0.2, 0) is 0 Å². The number of para-hydroxylation sites is 5. The van der Waals surface area contributed by atoms with E-state index >= 15 is 0 Å². The van der Waals surface area contributed by atoms with Crippen LogP contribution in [0.4, 0.5) is 0 Å². The summed E-state index contributed by atoms with van der Waals surface area (Å²) in [6, 6.07) is 88.2. The molecule has 0 aliphatic heterocycles. The Morgan fingerprint density at radius 3 is 1.38 bits per heavy atom. The zero-order valence-electron chi connectivity index (χ0n) is 44.6. The van der Waals surface area contributed by atoms with Crippen molar-refractivity contribution in [1.29, 1.82) is 0 Å². The first kappa shape index (κ1) is 48.0. The summed E-state index contributed by atoms with van der Waals surface area (Å²) in [6.07, 6.45) is 4.23. The monoisotopic (exact) mass is 1050 g/mol. The number of benzene rings is 10. The van der Waals surface area contributed by atoms with E-state index in [0.29, 0.717) is 23.5 Å². The van der Waals surface area contributed by atoms with Crippen molar-refractivity contribution in [1.82, 2.24) is 43.8 Å². The molecule has 0 bridgehead atoms. The van der Waals surface area contributed by atoms with Crippen LogP contribution in [0.25, 0.3) is 146 Å². The van der Waals surface area contributed by atoms with Gasteiger partial charge < -0.3 is 0 Å². The first-order valence-corrected chi connectivity index (χ1v) is 27.4. The molecular weight excluding hydrogens is 1000 g/mol. The van der Waals surface area contributed by atoms with Gasteiger partial charge in [0.25, 0.3) is 0 Å². The topological polar surface area (TPSA) is 92.1 Å². The van der Waals surface area contributed by atoms with E-state index in [9.17, 15) is 0 Å². The Kier molecular flexibility index (Phi) is 11.7. The predicted molar refractivity (Wildman–Crippen MR) is 335 cm³/mol. The molecule has 0 atom stereocenters. The second-order valence-corrected chi connectivity index (χ2v) is 20.4. The van der Waals surface area contributed by atoms with Gasteiger partial charge >= 0.3 is 0 Å². The van der Waals surface area contributed by atoms with Crippen molar-refractivity contribution in [2.75, 3.05) is 0 Å². The Hall–Kier alpha value is -11.2. The molecule has 0 saturated carbocycles. The molecule has 9 heteroatoms. The fraction of sp³-hybridized carbons (Fsp3) is 0.0137. The zero-order valence-corrected chi connectivity index (χ0v) is 44.6. The van der Waals surface area contributed by atoms with E-state index < -0.39 is 0 Å². The highest BCUT2D eigenvalue weighted by Crippen LogP contribution is 2.38. The summed E-state index contributed by atoms with van der Waals surface area (Å²) in [5.74, 6) is 2.43. The van der Waals surface area contributed by atoms with Gasteiger partial charge in [0, 0.05) is 60.1 Å². The molecule has 0 unspecified atom stereocenters. The quantitative estimate of drug-likeness (QED) is 0.135. The average molecular weight is 1050 g/mol. The maximum atomic E-state index is 5.45. The van der Waals surface area contributed by atoms with E-state index in [1.807, 2.05) is 73.7 Å². The van der Waals surface area contributed by atoms with Crippen LogP contribution in [0.1, 0.15) is 12.7 Å². The third-order valence-electron chi connectivity index (χ3n) is 15.6. The number of aromatic nitrogens is 9. The molecule has 0 fully saturated rings. The second kappa shape index (κ2) is 19.9. The Labute approximate surface area is 472 Å². The first-order valence-electron chi connectivity index (χ1n) is 27.4. The fourth-order valence-electron chi connectivity index (χ4n) is 11.6. The summed E-state index contributed by atoms with van der Waals surface area (Å²) in [5, 5.41) is 16.9. The lowest BCUT2D eigenvalue weighted by atomic mass is 10.0. The normalized spacial score (nSPS) is 12.2. The minimum atomic E-state index is 0.533. The van der Waals surface area contributed by atoms with Gasteiger partial charge in [0.1, 0.15) is 0 Å². The van der Waals surface area contributed by atoms with Crippen LogP contribution in [0, 0.1) is 0 Å². The number of hydrogen-bond acceptors (Lipinski definition) is 6. The summed E-state index contributed by atoms with van der Waals surface area (Å²) in [7, 11) is 0. The van der Waals surface area contributed by atoms with Crippen LogP contribution in [0.2, 0.25) is 0 Å². The maximum Gasteiger partial charge on any atom is 0.235 e. The van der Waals surface area contributed by atoms with Crippen molar-refractivity contribution in [2.45, 2.75) is 6.92 Å². The molecule has 0 N–H and O–H groups in total. The summed E-state index contributed by atoms with van der Waals surface area (Å²) in [4.78, 5) is 21.5. The van der Waals surface area contributed by atoms with Gasteiger partial charge in [0.15, 0.2) is 11.6 Å². The van der Waals surface area contributed by atoms with Crippen LogP contribution in [-0.4, -0.2) is 43.8 Å². The van der Waals surface area contributed by atoms with Gasteiger partial charge in [-0.15, -0.1) is 10.2 Å². The summed E-state index contributed by atoms with van der Waals surface area (Å²) in [6.45, 7) is 6.77. The lowest BCUT2D eigenvalue weighted by Crippen LogP contribution is -2.28. The predicted octanol–water partition coefficient (Wildman–Crippen LogP) is 15.8. The van der Waals surface area contributed by atoms with Gasteiger partial charge in [-0.1, -0.05) is 225 Å². The molecule has 5 heterocycles. The van der Waals surface area contributed by atoms with E-state index in [2.05, 4.69) is 214 Å². The first-order chi connectivity index (χ1) is 40.5. The third-order valence-corrected chi connectivity index (χ3v) is 15.6. The Morgan fingerprint density at radius 2 is 0.805 bits per heavy atom. The van der Waals surface area contributed by atoms with E-state index in [1.54, 1.807) is 0 Å². The molecule has 15 rings (SSSR count). The average Bonchev–Trinajstić information content (AvgIpc) is 3.48. The van der Waals surface area contributed by atoms with E-state index in [4.69, 9.17) is 36.7 Å². The van der Waals surface area contributed by atoms with Crippen molar-refractivity contribution in [3.63, 3.8) is 0 Å². The summed E-state index contributed by atoms with van der Waals surface area (Å²) >= 11 is 0. The molecular formula is C73H49N9. The van der Waals surface area contributed by atoms with Crippen molar-refractivity contribution in [2.24, 2.45) is 0 Å². The summed E-state index contributed by atoms with van der Waals surface area (Å²) in [5.41, 5.74) is 15.5. The van der Waals surface area contributed by atoms with Crippen LogP contribution >= 0.6 is 0 Å². The number of fused-ring (bicyclic) bond motifs is 6. The van der Waals surface area contributed by atoms with Crippen molar-refractivity contribution in [3.8, 4) is 73.7 Å². The van der Waals surface area contributed by atoms with E-state index in [0.717, 1.165) is 127 Å². The molecule has 0 aliphatic rings. The van der Waals surface area contributed by atoms with Crippen molar-refractivity contribution in [3.05, 3.63) is 277 Å². The molecule has 82 heavy (non-hydrogen) atoms. The minimum Gasteiger partial charge on any atom is -0.278 e. The molecule has 9 nitrogen and oxygen atoms in total. The van der Waals surface area contributed by atoms with Gasteiger partial charge in [0.05, 0.1) is 44.3 Å². The number of rotatable bonds is 10. The van der Waals surface area contributed by atoms with Crippen LogP contribution in [0.15, 0.2) is 261 Å². The van der Waals surface area contributed by atoms with Gasteiger partial charge in [-0.25, -0.2) is 19.9 Å². The zero-order chi connectivity index (χ0) is 54.7. The molecule has 0 aliphatic carbocycles. The lowest BCUT2D eigenvalue weighted by Gasteiger charge is -2.14. The number of allylic oxidation sites excluding steroid dienone is 2. The number of hydrogen-bond donors (Lipinski definition) is 0. The molecule has 0 spiro atoms. The minimum absolute atomic E-state index is 0.533. The highest BCUT2D eigenvalue weighted by atomic mass is 15.3. The van der Waals surface area contributed by atoms with Crippen LogP contribution in [0.3, 0.4) is 0 Å². The molecule has 0 amide bonds. The molecule has 15 aromatic rings. The molecule has 0 saturated heterocycles. The maximum absolute atomic E-state index is 5.45. The Morgan fingerprint density at radius 1 is 0.366 bits per heavy atom. The Balaban J connectivity index is 0.889. The van der Waals surface area contributed by atoms with Crippen molar-refractivity contribution >= 4 is 72.7 Å². The van der Waals surface area contributed by atoms with Gasteiger partial charge in [0.2, 0.25) is 11.9 Å². The standard InChI is InChI=1S/C73H49N9/c1-3-48(45-66-47(2)57-27-15-19-33-64(57)81(66)72-74-62-31-17-13-29-60(62)68(76-72)53-39-35-51(36-40-53)49-21-7-4-8-22-49)70-78-79-71(80(70)56-25-11-6-12-26-56)55-43-44-59-58-28-16-20-34-65(58)82(67(59)46-55)73-75-63-32-18-14-30-61(63)69(77-73)54-41-37-52(38-42-54)50-23-9-5-10-24-50/h3-46H,2H2,1H3/b48-3+,66-45+. The van der Waals surface area contributed by atoms with Gasteiger partial charge in [-0.3, -0.25) is 13.7 Å².